The highest BCUT2D eigenvalue weighted by Gasteiger charge is 2.15. The van der Waals surface area contributed by atoms with Gasteiger partial charge in [0.25, 0.3) is 0 Å². The molecule has 0 aliphatic carbocycles. The molecule has 104 valence electrons. The first-order chi connectivity index (χ1) is 9.08. The van der Waals surface area contributed by atoms with E-state index in [4.69, 9.17) is 11.6 Å². The standard InChI is InChI=1S/C15H21ClN2O/c1-11(2)15(19)17-12-6-7-14(13(16)10-12)18-8-4-3-5-9-18/h6-7,10-11H,3-5,8-9H2,1-2H3,(H,17,19). The van der Waals surface area contributed by atoms with E-state index in [9.17, 15) is 4.79 Å². The van der Waals surface area contributed by atoms with Gasteiger partial charge >= 0.3 is 0 Å². The highest BCUT2D eigenvalue weighted by Crippen LogP contribution is 2.30. The second kappa shape index (κ2) is 6.29. The number of amides is 1. The number of hydrogen-bond donors (Lipinski definition) is 1. The van der Waals surface area contributed by atoms with Gasteiger partial charge in [-0.3, -0.25) is 4.79 Å². The van der Waals surface area contributed by atoms with Crippen molar-refractivity contribution in [1.29, 1.82) is 0 Å². The summed E-state index contributed by atoms with van der Waals surface area (Å²) in [6.07, 6.45) is 3.75. The van der Waals surface area contributed by atoms with Crippen LogP contribution in [0.25, 0.3) is 0 Å². The van der Waals surface area contributed by atoms with Gasteiger partial charge in [0.05, 0.1) is 10.7 Å². The van der Waals surface area contributed by atoms with E-state index in [0.717, 1.165) is 24.5 Å². The second-order valence-corrected chi connectivity index (χ2v) is 5.77. The molecule has 0 bridgehead atoms. The zero-order chi connectivity index (χ0) is 13.8. The Morgan fingerprint density at radius 3 is 2.53 bits per heavy atom. The fraction of sp³-hybridized carbons (Fsp3) is 0.533. The molecule has 1 N–H and O–H groups in total. The van der Waals surface area contributed by atoms with E-state index in [1.165, 1.54) is 19.3 Å². The van der Waals surface area contributed by atoms with E-state index in [-0.39, 0.29) is 11.8 Å². The number of benzene rings is 1. The molecule has 0 aromatic heterocycles. The number of nitrogens with zero attached hydrogens (tertiary/aromatic N) is 1. The van der Waals surface area contributed by atoms with Crippen molar-refractivity contribution in [1.82, 2.24) is 0 Å². The summed E-state index contributed by atoms with van der Waals surface area (Å²) in [6.45, 7) is 5.88. The van der Waals surface area contributed by atoms with E-state index in [1.54, 1.807) is 0 Å². The van der Waals surface area contributed by atoms with E-state index < -0.39 is 0 Å². The number of rotatable bonds is 3. The van der Waals surface area contributed by atoms with Crippen molar-refractivity contribution in [2.45, 2.75) is 33.1 Å². The lowest BCUT2D eigenvalue weighted by Crippen LogP contribution is -2.29. The van der Waals surface area contributed by atoms with E-state index in [2.05, 4.69) is 10.2 Å². The number of anilines is 2. The average molecular weight is 281 g/mol. The van der Waals surface area contributed by atoms with Crippen LogP contribution in [0.15, 0.2) is 18.2 Å². The predicted molar refractivity (Wildman–Crippen MR) is 81.0 cm³/mol. The SMILES string of the molecule is CC(C)C(=O)Nc1ccc(N2CCCCC2)c(Cl)c1. The van der Waals surface area contributed by atoms with Crippen LogP contribution in [0.1, 0.15) is 33.1 Å². The van der Waals surface area contributed by atoms with Crippen molar-refractivity contribution < 1.29 is 4.79 Å². The molecule has 2 rings (SSSR count). The Kier molecular flexibility index (Phi) is 4.70. The van der Waals surface area contributed by atoms with E-state index in [1.807, 2.05) is 32.0 Å². The van der Waals surface area contributed by atoms with Gasteiger partial charge in [0, 0.05) is 24.7 Å². The quantitative estimate of drug-likeness (QED) is 0.910. The zero-order valence-electron chi connectivity index (χ0n) is 11.6. The summed E-state index contributed by atoms with van der Waals surface area (Å²) >= 11 is 6.33. The smallest absolute Gasteiger partial charge is 0.226 e. The van der Waals surface area contributed by atoms with Gasteiger partial charge in [-0.25, -0.2) is 0 Å². The Bertz CT molecular complexity index is 453. The maximum Gasteiger partial charge on any atom is 0.226 e. The van der Waals surface area contributed by atoms with Gasteiger partial charge in [-0.15, -0.1) is 0 Å². The average Bonchev–Trinajstić information content (AvgIpc) is 2.39. The molecule has 0 unspecified atom stereocenters. The first kappa shape index (κ1) is 14.2. The van der Waals surface area contributed by atoms with Crippen LogP contribution >= 0.6 is 11.6 Å². The van der Waals surface area contributed by atoms with Gasteiger partial charge in [0.1, 0.15) is 0 Å². The van der Waals surface area contributed by atoms with Crippen LogP contribution in [0.5, 0.6) is 0 Å². The lowest BCUT2D eigenvalue weighted by Gasteiger charge is -2.29. The molecule has 1 aromatic rings. The second-order valence-electron chi connectivity index (χ2n) is 5.36. The first-order valence-electron chi connectivity index (χ1n) is 6.93. The Labute approximate surface area is 119 Å². The molecule has 3 nitrogen and oxygen atoms in total. The lowest BCUT2D eigenvalue weighted by molar-refractivity contribution is -0.118. The summed E-state index contributed by atoms with van der Waals surface area (Å²) in [5.74, 6) is -0.0117. The minimum absolute atomic E-state index is 0.0155. The Morgan fingerprint density at radius 2 is 1.95 bits per heavy atom. The third kappa shape index (κ3) is 3.63. The summed E-state index contributed by atoms with van der Waals surface area (Å²) in [6, 6.07) is 5.77. The van der Waals surface area contributed by atoms with Crippen molar-refractivity contribution in [3.63, 3.8) is 0 Å². The van der Waals surface area contributed by atoms with Crippen LogP contribution in [-0.4, -0.2) is 19.0 Å². The van der Waals surface area contributed by atoms with Crippen LogP contribution < -0.4 is 10.2 Å². The monoisotopic (exact) mass is 280 g/mol. The van der Waals surface area contributed by atoms with Gasteiger partial charge in [0.2, 0.25) is 5.91 Å². The van der Waals surface area contributed by atoms with Crippen LogP contribution in [0.3, 0.4) is 0 Å². The molecule has 1 aliphatic rings. The Morgan fingerprint density at radius 1 is 1.26 bits per heavy atom. The summed E-state index contributed by atoms with van der Waals surface area (Å²) in [5.41, 5.74) is 1.84. The van der Waals surface area contributed by atoms with Crippen LogP contribution in [-0.2, 0) is 4.79 Å². The molecule has 19 heavy (non-hydrogen) atoms. The van der Waals surface area contributed by atoms with Crippen LogP contribution in [0, 0.1) is 5.92 Å². The van der Waals surface area contributed by atoms with Gasteiger partial charge in [-0.05, 0) is 37.5 Å². The van der Waals surface area contributed by atoms with Gasteiger partial charge < -0.3 is 10.2 Å². The molecule has 1 aromatic carbocycles. The fourth-order valence-corrected chi connectivity index (χ4v) is 2.56. The molecular weight excluding hydrogens is 260 g/mol. The summed E-state index contributed by atoms with van der Waals surface area (Å²) in [7, 11) is 0. The lowest BCUT2D eigenvalue weighted by atomic mass is 10.1. The minimum atomic E-state index is -0.0273. The maximum atomic E-state index is 11.6. The van der Waals surface area contributed by atoms with E-state index in [0.29, 0.717) is 5.02 Å². The largest absolute Gasteiger partial charge is 0.370 e. The molecule has 0 spiro atoms. The third-order valence-corrected chi connectivity index (χ3v) is 3.74. The molecule has 4 heteroatoms. The Hall–Kier alpha value is -1.22. The minimum Gasteiger partial charge on any atom is -0.370 e. The van der Waals surface area contributed by atoms with Crippen molar-refractivity contribution >= 4 is 28.9 Å². The normalized spacial score (nSPS) is 15.7. The summed E-state index contributed by atoms with van der Waals surface area (Å²) in [5, 5.41) is 3.58. The Balaban J connectivity index is 2.10. The third-order valence-electron chi connectivity index (χ3n) is 3.44. The number of carbonyl (C=O) groups excluding carboxylic acids is 1. The molecule has 1 heterocycles. The molecule has 0 atom stereocenters. The number of nitrogens with one attached hydrogen (secondary N) is 1. The van der Waals surface area contributed by atoms with Gasteiger partial charge in [-0.2, -0.15) is 0 Å². The number of halogens is 1. The molecule has 1 saturated heterocycles. The number of hydrogen-bond acceptors (Lipinski definition) is 2. The van der Waals surface area contributed by atoms with Crippen molar-refractivity contribution in [3.05, 3.63) is 23.2 Å². The highest BCUT2D eigenvalue weighted by atomic mass is 35.5. The van der Waals surface area contributed by atoms with Gasteiger partial charge in [-0.1, -0.05) is 25.4 Å². The molecule has 1 fully saturated rings. The molecule has 0 saturated carbocycles. The number of piperidine rings is 1. The molecule has 1 aliphatic heterocycles. The summed E-state index contributed by atoms with van der Waals surface area (Å²) in [4.78, 5) is 14.0. The molecule has 0 radical (unpaired) electrons. The van der Waals surface area contributed by atoms with E-state index >= 15 is 0 Å². The first-order valence-corrected chi connectivity index (χ1v) is 7.31. The van der Waals surface area contributed by atoms with Crippen molar-refractivity contribution in [2.75, 3.05) is 23.3 Å². The topological polar surface area (TPSA) is 32.3 Å². The number of carbonyl (C=O) groups is 1. The maximum absolute atomic E-state index is 11.6. The summed E-state index contributed by atoms with van der Waals surface area (Å²) < 4.78 is 0. The highest BCUT2D eigenvalue weighted by molar-refractivity contribution is 6.33. The molecule has 1 amide bonds. The van der Waals surface area contributed by atoms with Crippen molar-refractivity contribution in [2.24, 2.45) is 5.92 Å². The van der Waals surface area contributed by atoms with Crippen molar-refractivity contribution in [3.8, 4) is 0 Å². The molecular formula is C15H21ClN2O. The van der Waals surface area contributed by atoms with Crippen LogP contribution in [0.2, 0.25) is 5.02 Å². The zero-order valence-corrected chi connectivity index (χ0v) is 12.3. The predicted octanol–water partition coefficient (Wildman–Crippen LogP) is 3.92. The fourth-order valence-electron chi connectivity index (χ4n) is 2.26. The van der Waals surface area contributed by atoms with Crippen LogP contribution in [0.4, 0.5) is 11.4 Å². The van der Waals surface area contributed by atoms with Gasteiger partial charge in [0.15, 0.2) is 0 Å².